The minimum atomic E-state index is -4.02. The zero-order valence-corrected chi connectivity index (χ0v) is 16.9. The summed E-state index contributed by atoms with van der Waals surface area (Å²) in [6.07, 6.45) is 2.11. The first kappa shape index (κ1) is 20.1. The topological polar surface area (TPSA) is 66.5 Å². The van der Waals surface area contributed by atoms with E-state index in [1.807, 2.05) is 30.3 Å². The van der Waals surface area contributed by atoms with Crippen LogP contribution >= 0.6 is 23.2 Å². The average molecular weight is 427 g/mol. The summed E-state index contributed by atoms with van der Waals surface area (Å²) in [5.41, 5.74) is 0.870. The number of carbonyl (C=O) groups excluding carboxylic acids is 1. The van der Waals surface area contributed by atoms with Crippen LogP contribution in [0.5, 0.6) is 0 Å². The second kappa shape index (κ2) is 8.61. The van der Waals surface area contributed by atoms with Gasteiger partial charge < -0.3 is 4.90 Å². The highest BCUT2D eigenvalue weighted by atomic mass is 35.5. The molecule has 1 saturated heterocycles. The summed E-state index contributed by atoms with van der Waals surface area (Å²) in [6.45, 7) is 1.29. The Hall–Kier alpha value is -1.60. The van der Waals surface area contributed by atoms with Crippen molar-refractivity contribution in [3.05, 3.63) is 64.1 Å². The van der Waals surface area contributed by atoms with Gasteiger partial charge in [-0.2, -0.15) is 4.72 Å². The van der Waals surface area contributed by atoms with Crippen molar-refractivity contribution < 1.29 is 13.2 Å². The predicted octanol–water partition coefficient (Wildman–Crippen LogP) is 3.51. The Balaban J connectivity index is 1.89. The van der Waals surface area contributed by atoms with Crippen LogP contribution in [0.3, 0.4) is 0 Å². The van der Waals surface area contributed by atoms with E-state index in [4.69, 9.17) is 23.2 Å². The summed E-state index contributed by atoms with van der Waals surface area (Å²) < 4.78 is 28.3. The second-order valence-electron chi connectivity index (χ2n) is 6.47. The molecule has 1 fully saturated rings. The van der Waals surface area contributed by atoms with Gasteiger partial charge in [0.05, 0.1) is 5.02 Å². The van der Waals surface area contributed by atoms with Gasteiger partial charge in [-0.1, -0.05) is 53.5 Å². The molecular formula is C19H20Cl2N2O3S. The van der Waals surface area contributed by atoms with E-state index in [9.17, 15) is 13.2 Å². The lowest BCUT2D eigenvalue weighted by Crippen LogP contribution is -2.48. The molecule has 1 amide bonds. The maximum atomic E-state index is 13.0. The van der Waals surface area contributed by atoms with E-state index in [0.717, 1.165) is 18.4 Å². The molecule has 1 N–H and O–H groups in total. The summed E-state index contributed by atoms with van der Waals surface area (Å²) in [5, 5.41) is 0.309. The molecule has 27 heavy (non-hydrogen) atoms. The van der Waals surface area contributed by atoms with Crippen molar-refractivity contribution >= 4 is 39.1 Å². The van der Waals surface area contributed by atoms with E-state index in [1.165, 1.54) is 18.2 Å². The first-order valence-corrected chi connectivity index (χ1v) is 10.9. The Morgan fingerprint density at radius 1 is 1.07 bits per heavy atom. The van der Waals surface area contributed by atoms with Gasteiger partial charge in [0, 0.05) is 18.1 Å². The lowest BCUT2D eigenvalue weighted by molar-refractivity contribution is -0.131. The molecule has 1 aliphatic rings. The van der Waals surface area contributed by atoms with Crippen LogP contribution in [0.2, 0.25) is 10.0 Å². The molecule has 5 nitrogen and oxygen atoms in total. The number of rotatable bonds is 6. The van der Waals surface area contributed by atoms with Crippen LogP contribution in [0.15, 0.2) is 53.4 Å². The highest BCUT2D eigenvalue weighted by Gasteiger charge is 2.31. The number of carbonyl (C=O) groups is 1. The third-order valence-corrected chi connectivity index (χ3v) is 6.67. The summed E-state index contributed by atoms with van der Waals surface area (Å²) in [6, 6.07) is 12.6. The molecule has 0 spiro atoms. The van der Waals surface area contributed by atoms with Crippen molar-refractivity contribution in [1.82, 2.24) is 9.62 Å². The van der Waals surface area contributed by atoms with Crippen molar-refractivity contribution in [3.63, 3.8) is 0 Å². The van der Waals surface area contributed by atoms with Gasteiger partial charge in [-0.05, 0) is 43.0 Å². The monoisotopic (exact) mass is 426 g/mol. The first-order chi connectivity index (χ1) is 12.9. The number of halogens is 2. The molecular weight excluding hydrogens is 407 g/mol. The lowest BCUT2D eigenvalue weighted by atomic mass is 10.1. The fourth-order valence-corrected chi connectivity index (χ4v) is 5.07. The van der Waals surface area contributed by atoms with Crippen molar-refractivity contribution in [2.24, 2.45) is 0 Å². The third-order valence-electron chi connectivity index (χ3n) is 4.48. The number of hydrogen-bond acceptors (Lipinski definition) is 3. The molecule has 8 heteroatoms. The molecule has 0 bridgehead atoms. The van der Waals surface area contributed by atoms with Gasteiger partial charge in [-0.15, -0.1) is 0 Å². The van der Waals surface area contributed by atoms with Crippen LogP contribution in [0.25, 0.3) is 0 Å². The molecule has 1 heterocycles. The average Bonchev–Trinajstić information content (AvgIpc) is 3.18. The molecule has 3 rings (SSSR count). The molecule has 2 aromatic rings. The molecule has 0 unspecified atom stereocenters. The van der Waals surface area contributed by atoms with E-state index in [0.29, 0.717) is 13.1 Å². The van der Waals surface area contributed by atoms with Crippen LogP contribution in [-0.4, -0.2) is 38.4 Å². The number of likely N-dealkylation sites (tertiary alicyclic amines) is 1. The van der Waals surface area contributed by atoms with Crippen LogP contribution in [0, 0.1) is 0 Å². The molecule has 0 aromatic heterocycles. The highest BCUT2D eigenvalue weighted by molar-refractivity contribution is 7.89. The molecule has 0 radical (unpaired) electrons. The van der Waals surface area contributed by atoms with Crippen LogP contribution in [0.1, 0.15) is 18.4 Å². The van der Waals surface area contributed by atoms with Gasteiger partial charge >= 0.3 is 0 Å². The predicted molar refractivity (Wildman–Crippen MR) is 107 cm³/mol. The smallest absolute Gasteiger partial charge is 0.242 e. The highest BCUT2D eigenvalue weighted by Crippen LogP contribution is 2.25. The van der Waals surface area contributed by atoms with E-state index < -0.39 is 16.1 Å². The number of nitrogens with zero attached hydrogens (tertiary/aromatic N) is 1. The van der Waals surface area contributed by atoms with Crippen LogP contribution < -0.4 is 4.72 Å². The summed E-state index contributed by atoms with van der Waals surface area (Å²) >= 11 is 12.0. The van der Waals surface area contributed by atoms with Crippen molar-refractivity contribution in [3.8, 4) is 0 Å². The lowest BCUT2D eigenvalue weighted by Gasteiger charge is -2.24. The number of hydrogen-bond donors (Lipinski definition) is 1. The molecule has 1 atom stereocenters. The van der Waals surface area contributed by atoms with Gasteiger partial charge in [0.2, 0.25) is 15.9 Å². The maximum absolute atomic E-state index is 13.0. The Morgan fingerprint density at radius 2 is 1.74 bits per heavy atom. The normalized spacial score (nSPS) is 15.7. The van der Waals surface area contributed by atoms with Gasteiger partial charge in [0.1, 0.15) is 10.9 Å². The Morgan fingerprint density at radius 3 is 2.41 bits per heavy atom. The minimum absolute atomic E-state index is 0.0546. The molecule has 2 aromatic carbocycles. The Kier molecular flexibility index (Phi) is 6.42. The Labute approximate surface area is 169 Å². The number of benzene rings is 2. The SMILES string of the molecule is O=C([C@@H](Cc1ccccc1)NS(=O)(=O)c1cc(Cl)ccc1Cl)N1CCCC1. The maximum Gasteiger partial charge on any atom is 0.242 e. The summed E-state index contributed by atoms with van der Waals surface area (Å²) in [7, 11) is -4.02. The molecule has 1 aliphatic heterocycles. The first-order valence-electron chi connectivity index (χ1n) is 8.67. The van der Waals surface area contributed by atoms with Crippen LogP contribution in [0.4, 0.5) is 0 Å². The zero-order chi connectivity index (χ0) is 19.4. The molecule has 144 valence electrons. The third kappa shape index (κ3) is 5.02. The second-order valence-corrected chi connectivity index (χ2v) is 9.00. The molecule has 0 saturated carbocycles. The van der Waals surface area contributed by atoms with E-state index in [1.54, 1.807) is 4.90 Å². The summed E-state index contributed by atoms with van der Waals surface area (Å²) in [4.78, 5) is 14.5. The number of sulfonamides is 1. The van der Waals surface area contributed by atoms with Gasteiger partial charge in [0.15, 0.2) is 0 Å². The quantitative estimate of drug-likeness (QED) is 0.768. The van der Waals surface area contributed by atoms with E-state index >= 15 is 0 Å². The van der Waals surface area contributed by atoms with Crippen molar-refractivity contribution in [2.45, 2.75) is 30.2 Å². The van der Waals surface area contributed by atoms with E-state index in [2.05, 4.69) is 4.72 Å². The zero-order valence-electron chi connectivity index (χ0n) is 14.6. The van der Waals surface area contributed by atoms with Crippen LogP contribution in [-0.2, 0) is 21.2 Å². The van der Waals surface area contributed by atoms with Crippen molar-refractivity contribution in [2.75, 3.05) is 13.1 Å². The number of nitrogens with one attached hydrogen (secondary N) is 1. The fourth-order valence-electron chi connectivity index (χ4n) is 3.12. The minimum Gasteiger partial charge on any atom is -0.341 e. The van der Waals surface area contributed by atoms with Gasteiger partial charge in [-0.25, -0.2) is 8.42 Å². The van der Waals surface area contributed by atoms with Crippen molar-refractivity contribution in [1.29, 1.82) is 0 Å². The largest absolute Gasteiger partial charge is 0.341 e. The fraction of sp³-hybridized carbons (Fsp3) is 0.316. The van der Waals surface area contributed by atoms with E-state index in [-0.39, 0.29) is 27.3 Å². The van der Waals surface area contributed by atoms with Gasteiger partial charge in [-0.3, -0.25) is 4.79 Å². The molecule has 0 aliphatic carbocycles. The summed E-state index contributed by atoms with van der Waals surface area (Å²) in [5.74, 6) is -0.224. The number of amides is 1. The van der Waals surface area contributed by atoms with Gasteiger partial charge in [0.25, 0.3) is 0 Å². The Bertz CT molecular complexity index is 914. The standard InChI is InChI=1S/C19H20Cl2N2O3S/c20-15-8-9-16(21)18(13-15)27(25,26)22-17(12-14-6-2-1-3-7-14)19(24)23-10-4-5-11-23/h1-3,6-9,13,17,22H,4-5,10-12H2/t17-/m1/s1.